The molecule has 0 spiro atoms. The van der Waals surface area contributed by atoms with E-state index in [2.05, 4.69) is 26.9 Å². The molecule has 5 rings (SSSR count). The predicted molar refractivity (Wildman–Crippen MR) is 129 cm³/mol. The number of imidazole rings is 1. The number of piperidine rings is 1. The number of rotatable bonds is 5. The number of carbonyl (C=O) groups is 1. The van der Waals surface area contributed by atoms with Crippen molar-refractivity contribution in [3.8, 4) is 0 Å². The highest BCUT2D eigenvalue weighted by Gasteiger charge is 2.38. The molecule has 0 bridgehead atoms. The highest BCUT2D eigenvalue weighted by Crippen LogP contribution is 2.33. The van der Waals surface area contributed by atoms with Gasteiger partial charge in [0.1, 0.15) is 0 Å². The molecule has 1 aromatic heterocycles. The van der Waals surface area contributed by atoms with Gasteiger partial charge in [-0.05, 0) is 56.1 Å². The van der Waals surface area contributed by atoms with Crippen LogP contribution in [0.5, 0.6) is 0 Å². The highest BCUT2D eigenvalue weighted by molar-refractivity contribution is 5.78. The minimum Gasteiger partial charge on any atom is -0.368 e. The number of fused-ring (bicyclic) bond motifs is 1. The van der Waals surface area contributed by atoms with Crippen molar-refractivity contribution < 1.29 is 18.0 Å². The normalized spacial score (nSPS) is 18.4. The molecule has 186 valence electrons. The zero-order chi connectivity index (χ0) is 24.4. The lowest BCUT2D eigenvalue weighted by Gasteiger charge is -2.38. The first-order valence-electron chi connectivity index (χ1n) is 12.2. The lowest BCUT2D eigenvalue weighted by atomic mass is 9.96. The van der Waals surface area contributed by atoms with Crippen LogP contribution in [-0.4, -0.2) is 71.1 Å². The lowest BCUT2D eigenvalue weighted by molar-refractivity contribution is -0.147. The Balaban J connectivity index is 1.13. The predicted octanol–water partition coefficient (Wildman–Crippen LogP) is 4.12. The van der Waals surface area contributed by atoms with Crippen molar-refractivity contribution in [3.63, 3.8) is 0 Å². The molecule has 35 heavy (non-hydrogen) atoms. The quantitative estimate of drug-likeness (QED) is 0.546. The summed E-state index contributed by atoms with van der Waals surface area (Å²) in [6, 6.07) is 17.0. The summed E-state index contributed by atoms with van der Waals surface area (Å²) in [5.74, 6) is -0.573. The van der Waals surface area contributed by atoms with E-state index in [0.29, 0.717) is 50.3 Å². The van der Waals surface area contributed by atoms with Crippen molar-refractivity contribution in [3.05, 3.63) is 60.4 Å². The summed E-state index contributed by atoms with van der Waals surface area (Å²) in [7, 11) is 0. The molecule has 0 radical (unpaired) electrons. The van der Waals surface area contributed by atoms with Crippen molar-refractivity contribution in [2.75, 3.05) is 50.7 Å². The number of carbonyl (C=O) groups excluding carboxylic acids is 1. The average Bonchev–Trinajstić information content (AvgIpc) is 3.25. The molecule has 0 unspecified atom stereocenters. The van der Waals surface area contributed by atoms with Gasteiger partial charge in [0.05, 0.1) is 17.6 Å². The van der Waals surface area contributed by atoms with Gasteiger partial charge in [-0.15, -0.1) is 0 Å². The number of likely N-dealkylation sites (tertiary alicyclic amines) is 1. The van der Waals surface area contributed by atoms with Crippen molar-refractivity contribution >= 4 is 22.6 Å². The van der Waals surface area contributed by atoms with Gasteiger partial charge in [0.25, 0.3) is 0 Å². The van der Waals surface area contributed by atoms with Crippen molar-refractivity contribution in [1.29, 1.82) is 0 Å². The van der Waals surface area contributed by atoms with Crippen LogP contribution in [0.25, 0.3) is 11.0 Å². The second kappa shape index (κ2) is 9.89. The molecule has 0 saturated carbocycles. The summed E-state index contributed by atoms with van der Waals surface area (Å²) in [6.07, 6.45) is -2.96. The fourth-order valence-corrected chi connectivity index (χ4v) is 5.21. The minimum absolute atomic E-state index is 0.120. The maximum Gasteiger partial charge on any atom is 0.449 e. The van der Waals surface area contributed by atoms with E-state index >= 15 is 0 Å². The van der Waals surface area contributed by atoms with Gasteiger partial charge in [0.2, 0.25) is 11.7 Å². The maximum absolute atomic E-state index is 13.6. The van der Waals surface area contributed by atoms with E-state index in [9.17, 15) is 18.0 Å². The molecular formula is C26H30F3N5O. The van der Waals surface area contributed by atoms with Gasteiger partial charge < -0.3 is 14.4 Å². The molecule has 0 N–H and O–H groups in total. The van der Waals surface area contributed by atoms with E-state index in [0.717, 1.165) is 25.9 Å². The fraction of sp³-hybridized carbons (Fsp3) is 0.462. The third-order valence-corrected chi connectivity index (χ3v) is 7.17. The zero-order valence-electron chi connectivity index (χ0n) is 19.6. The van der Waals surface area contributed by atoms with E-state index in [1.165, 1.54) is 10.3 Å². The summed E-state index contributed by atoms with van der Waals surface area (Å²) in [4.78, 5) is 23.1. The Morgan fingerprint density at radius 1 is 0.886 bits per heavy atom. The molecule has 6 nitrogen and oxygen atoms in total. The molecule has 2 aliphatic heterocycles. The van der Waals surface area contributed by atoms with E-state index in [4.69, 9.17) is 0 Å². The number of anilines is 1. The van der Waals surface area contributed by atoms with E-state index in [1.54, 1.807) is 24.3 Å². The van der Waals surface area contributed by atoms with Crippen molar-refractivity contribution in [1.82, 2.24) is 19.4 Å². The number of piperazine rings is 1. The number of hydrogen-bond donors (Lipinski definition) is 0. The molecule has 2 saturated heterocycles. The Morgan fingerprint density at radius 3 is 2.23 bits per heavy atom. The van der Waals surface area contributed by atoms with Crippen molar-refractivity contribution in [2.45, 2.75) is 25.6 Å². The van der Waals surface area contributed by atoms with Crippen LogP contribution in [0.4, 0.5) is 18.9 Å². The van der Waals surface area contributed by atoms with Crippen LogP contribution in [0.2, 0.25) is 0 Å². The maximum atomic E-state index is 13.6. The smallest absolute Gasteiger partial charge is 0.368 e. The lowest BCUT2D eigenvalue weighted by Crippen LogP contribution is -2.52. The molecule has 3 heterocycles. The van der Waals surface area contributed by atoms with Crippen LogP contribution in [0.3, 0.4) is 0 Å². The van der Waals surface area contributed by atoms with Crippen LogP contribution in [0.15, 0.2) is 54.6 Å². The fourth-order valence-electron chi connectivity index (χ4n) is 5.21. The summed E-state index contributed by atoms with van der Waals surface area (Å²) in [6.45, 7) is 5.15. The summed E-state index contributed by atoms with van der Waals surface area (Å²) in [5.41, 5.74) is 2.07. The Hall–Kier alpha value is -3.07. The minimum atomic E-state index is -4.49. The Bertz CT molecular complexity index is 1150. The zero-order valence-corrected chi connectivity index (χ0v) is 19.6. The number of aromatic nitrogens is 2. The van der Waals surface area contributed by atoms with E-state index < -0.39 is 12.0 Å². The van der Waals surface area contributed by atoms with E-state index in [1.807, 2.05) is 23.1 Å². The molecule has 2 fully saturated rings. The van der Waals surface area contributed by atoms with Crippen LogP contribution < -0.4 is 4.90 Å². The molecular weight excluding hydrogens is 455 g/mol. The molecule has 3 aromatic rings. The van der Waals surface area contributed by atoms with Gasteiger partial charge >= 0.3 is 6.18 Å². The van der Waals surface area contributed by atoms with Gasteiger partial charge in [0, 0.05) is 38.4 Å². The SMILES string of the molecule is O=C(CN1CCC(Cn2c(C(F)(F)F)nc3ccccc32)CC1)N1CCN(c2ccccc2)CC1. The summed E-state index contributed by atoms with van der Waals surface area (Å²) < 4.78 is 42.1. The third kappa shape index (κ3) is 5.29. The Kier molecular flexibility index (Phi) is 6.69. The van der Waals surface area contributed by atoms with Crippen molar-refractivity contribution in [2.24, 2.45) is 5.92 Å². The number of para-hydroxylation sites is 3. The van der Waals surface area contributed by atoms with Crippen LogP contribution in [-0.2, 0) is 17.5 Å². The third-order valence-electron chi connectivity index (χ3n) is 7.17. The summed E-state index contributed by atoms with van der Waals surface area (Å²) >= 11 is 0. The highest BCUT2D eigenvalue weighted by atomic mass is 19.4. The average molecular weight is 486 g/mol. The number of amides is 1. The molecule has 9 heteroatoms. The van der Waals surface area contributed by atoms with E-state index in [-0.39, 0.29) is 11.8 Å². The van der Waals surface area contributed by atoms with Gasteiger partial charge in [-0.25, -0.2) is 4.98 Å². The van der Waals surface area contributed by atoms with Gasteiger partial charge in [0.15, 0.2) is 0 Å². The first-order chi connectivity index (χ1) is 16.9. The largest absolute Gasteiger partial charge is 0.449 e. The van der Waals surface area contributed by atoms with Crippen LogP contribution in [0, 0.1) is 5.92 Å². The van der Waals surface area contributed by atoms with Gasteiger partial charge in [-0.1, -0.05) is 30.3 Å². The molecule has 2 aliphatic rings. The topological polar surface area (TPSA) is 44.6 Å². The number of hydrogen-bond acceptors (Lipinski definition) is 4. The number of halogens is 3. The summed E-state index contributed by atoms with van der Waals surface area (Å²) in [5, 5.41) is 0. The second-order valence-corrected chi connectivity index (χ2v) is 9.46. The Labute approximate surface area is 202 Å². The molecule has 1 amide bonds. The second-order valence-electron chi connectivity index (χ2n) is 9.46. The first-order valence-corrected chi connectivity index (χ1v) is 12.2. The van der Waals surface area contributed by atoms with Gasteiger partial charge in [-0.3, -0.25) is 9.69 Å². The molecule has 2 aromatic carbocycles. The standard InChI is InChI=1S/C26H30F3N5O/c27-26(28,29)25-30-22-8-4-5-9-23(22)34(25)18-20-10-12-31(13-11-20)19-24(35)33-16-14-32(15-17-33)21-6-2-1-3-7-21/h1-9,20H,10-19H2. The number of benzene rings is 2. The van der Waals surface area contributed by atoms with Gasteiger partial charge in [-0.2, -0.15) is 13.2 Å². The number of nitrogens with zero attached hydrogens (tertiary/aromatic N) is 5. The van der Waals surface area contributed by atoms with Crippen LogP contribution in [0.1, 0.15) is 18.7 Å². The first kappa shape index (κ1) is 23.7. The number of alkyl halides is 3. The monoisotopic (exact) mass is 485 g/mol. The van der Waals surface area contributed by atoms with Crippen LogP contribution >= 0.6 is 0 Å². The Morgan fingerprint density at radius 2 is 1.54 bits per heavy atom. The molecule has 0 aliphatic carbocycles. The molecule has 0 atom stereocenters.